The minimum atomic E-state index is -0.459. The fraction of sp³-hybridized carbons (Fsp3) is 0.364. The third-order valence-corrected chi connectivity index (χ3v) is 2.55. The van der Waals surface area contributed by atoms with Crippen LogP contribution in [0, 0.1) is 16.0 Å². The Balaban J connectivity index is 2.51. The van der Waals surface area contributed by atoms with Crippen molar-refractivity contribution in [3.05, 3.63) is 33.4 Å². The maximum absolute atomic E-state index is 11.3. The molecule has 0 aromatic heterocycles. The van der Waals surface area contributed by atoms with Crippen LogP contribution in [0.15, 0.2) is 12.1 Å². The van der Waals surface area contributed by atoms with E-state index in [4.69, 9.17) is 0 Å². The number of fused-ring (bicyclic) bond motifs is 1. The maximum atomic E-state index is 11.3. The van der Waals surface area contributed by atoms with E-state index in [1.54, 1.807) is 6.07 Å². The molecule has 0 saturated carbocycles. The lowest BCUT2D eigenvalue weighted by Crippen LogP contribution is -2.10. The van der Waals surface area contributed by atoms with E-state index in [0.717, 1.165) is 0 Å². The van der Waals surface area contributed by atoms with Crippen LogP contribution in [0.2, 0.25) is 0 Å². The molecule has 0 spiro atoms. The van der Waals surface area contributed by atoms with Crippen LogP contribution >= 0.6 is 0 Å². The fourth-order valence-electron chi connectivity index (χ4n) is 1.85. The second-order valence-corrected chi connectivity index (χ2v) is 4.41. The Kier molecular flexibility index (Phi) is 2.71. The molecule has 6 nitrogen and oxygen atoms in total. The molecule has 89 valence electrons. The Bertz CT molecular complexity index is 497. The molecule has 1 N–H and O–H groups in total. The van der Waals surface area contributed by atoms with E-state index in [1.165, 1.54) is 6.07 Å². The summed E-state index contributed by atoms with van der Waals surface area (Å²) in [6, 6.07) is 2.95. The van der Waals surface area contributed by atoms with E-state index in [2.05, 4.69) is 10.9 Å². The van der Waals surface area contributed by atoms with Crippen molar-refractivity contribution >= 4 is 17.3 Å². The van der Waals surface area contributed by atoms with Crippen LogP contribution in [-0.4, -0.2) is 10.8 Å². The molecule has 0 unspecified atom stereocenters. The zero-order chi connectivity index (χ0) is 12.6. The number of carbonyl (C=O) groups is 1. The highest BCUT2D eigenvalue weighted by Gasteiger charge is 2.26. The van der Waals surface area contributed by atoms with Crippen LogP contribution in [0.1, 0.15) is 29.8 Å². The number of nitrogens with one attached hydrogen (secondary N) is 1. The van der Waals surface area contributed by atoms with Gasteiger partial charge in [-0.1, -0.05) is 13.8 Å². The summed E-state index contributed by atoms with van der Waals surface area (Å²) in [6.45, 7) is 3.97. The van der Waals surface area contributed by atoms with Gasteiger partial charge in [-0.25, -0.2) is 0 Å². The summed E-state index contributed by atoms with van der Waals surface area (Å²) in [6.07, 6.45) is 0.597. The first-order valence-corrected chi connectivity index (χ1v) is 5.31. The van der Waals surface area contributed by atoms with Crippen LogP contribution < -0.4 is 10.9 Å². The van der Waals surface area contributed by atoms with Gasteiger partial charge in [0.15, 0.2) is 0 Å². The van der Waals surface area contributed by atoms with Crippen LogP contribution in [0.4, 0.5) is 11.4 Å². The van der Waals surface area contributed by atoms with Crippen molar-refractivity contribution in [2.75, 3.05) is 5.43 Å². The summed E-state index contributed by atoms with van der Waals surface area (Å²) >= 11 is 0. The highest BCUT2D eigenvalue weighted by Crippen LogP contribution is 2.31. The van der Waals surface area contributed by atoms with Gasteiger partial charge in [-0.05, 0) is 18.4 Å². The molecule has 1 amide bonds. The molecule has 1 aliphatic rings. The zero-order valence-corrected chi connectivity index (χ0v) is 9.56. The fourth-order valence-corrected chi connectivity index (χ4v) is 1.85. The molecule has 6 heteroatoms. The van der Waals surface area contributed by atoms with Crippen molar-refractivity contribution in [1.29, 1.82) is 0 Å². The van der Waals surface area contributed by atoms with E-state index in [1.807, 2.05) is 13.8 Å². The van der Waals surface area contributed by atoms with Gasteiger partial charge in [0.05, 0.1) is 16.2 Å². The van der Waals surface area contributed by atoms with Gasteiger partial charge in [0.25, 0.3) is 11.6 Å². The second kappa shape index (κ2) is 4.04. The van der Waals surface area contributed by atoms with Gasteiger partial charge in [-0.2, -0.15) is 0 Å². The number of hydrogen-bond acceptors (Lipinski definition) is 4. The molecule has 17 heavy (non-hydrogen) atoms. The number of nitro groups is 1. The van der Waals surface area contributed by atoms with Crippen molar-refractivity contribution in [3.8, 4) is 0 Å². The molecule has 0 bridgehead atoms. The molecule has 1 heterocycles. The Hall–Kier alpha value is -2.11. The molecule has 1 aromatic rings. The number of anilines is 1. The van der Waals surface area contributed by atoms with Crippen LogP contribution in [0.5, 0.6) is 0 Å². The van der Waals surface area contributed by atoms with Gasteiger partial charge in [-0.3, -0.25) is 20.3 Å². The minimum absolute atomic E-state index is 0.00954. The first-order valence-electron chi connectivity index (χ1n) is 5.31. The number of rotatable bonds is 3. The number of benzene rings is 1. The summed E-state index contributed by atoms with van der Waals surface area (Å²) in [7, 11) is 0. The average molecular weight is 234 g/mol. The second-order valence-electron chi connectivity index (χ2n) is 4.41. The lowest BCUT2D eigenvalue weighted by atomic mass is 9.98. The quantitative estimate of drug-likeness (QED) is 0.639. The van der Waals surface area contributed by atoms with Crippen molar-refractivity contribution in [1.82, 2.24) is 5.43 Å². The number of amides is 1. The lowest BCUT2D eigenvalue weighted by Gasteiger charge is -2.07. The van der Waals surface area contributed by atoms with E-state index in [0.29, 0.717) is 23.6 Å². The molecular formula is C11H12N3O3. The average Bonchev–Trinajstić information content (AvgIpc) is 2.58. The standard InChI is InChI=1S/C11H12N3O3/c1-6(2)3-7-4-9-8(11(15)13-12-9)5-10(7)14(16)17/h4-6,12H,3H2,1-2H3. The summed E-state index contributed by atoms with van der Waals surface area (Å²) < 4.78 is 0. The Morgan fingerprint density at radius 3 is 2.76 bits per heavy atom. The Labute approximate surface area is 98.1 Å². The van der Waals surface area contributed by atoms with Crippen molar-refractivity contribution < 1.29 is 9.72 Å². The molecule has 1 aliphatic heterocycles. The SMILES string of the molecule is CC(C)Cc1cc2c(cc1[N+](=O)[O-])C(=O)[N]N2. The van der Waals surface area contributed by atoms with E-state index < -0.39 is 10.8 Å². The molecular weight excluding hydrogens is 222 g/mol. The number of hydrogen-bond donors (Lipinski definition) is 1. The Morgan fingerprint density at radius 1 is 1.47 bits per heavy atom. The molecule has 0 atom stereocenters. The van der Waals surface area contributed by atoms with Crippen LogP contribution in [0.3, 0.4) is 0 Å². The summed E-state index contributed by atoms with van der Waals surface area (Å²) in [5.74, 6) is -0.153. The summed E-state index contributed by atoms with van der Waals surface area (Å²) in [5, 5.41) is 11.0. The monoisotopic (exact) mass is 234 g/mol. The third kappa shape index (κ3) is 2.06. The number of nitro benzene ring substituents is 1. The predicted molar refractivity (Wildman–Crippen MR) is 61.7 cm³/mol. The smallest absolute Gasteiger partial charge is 0.274 e. The van der Waals surface area contributed by atoms with Crippen LogP contribution in [-0.2, 0) is 6.42 Å². The van der Waals surface area contributed by atoms with Gasteiger partial charge < -0.3 is 0 Å². The van der Waals surface area contributed by atoms with Crippen molar-refractivity contribution in [3.63, 3.8) is 0 Å². The van der Waals surface area contributed by atoms with Crippen molar-refractivity contribution in [2.45, 2.75) is 20.3 Å². The zero-order valence-electron chi connectivity index (χ0n) is 9.56. The van der Waals surface area contributed by atoms with E-state index in [-0.39, 0.29) is 11.3 Å². The third-order valence-electron chi connectivity index (χ3n) is 2.55. The largest absolute Gasteiger partial charge is 0.295 e. The summed E-state index contributed by atoms with van der Waals surface area (Å²) in [4.78, 5) is 21.8. The van der Waals surface area contributed by atoms with E-state index in [9.17, 15) is 14.9 Å². The topological polar surface area (TPSA) is 86.3 Å². The molecule has 0 fully saturated rings. The predicted octanol–water partition coefficient (Wildman–Crippen LogP) is 1.88. The first kappa shape index (κ1) is 11.4. The van der Waals surface area contributed by atoms with Gasteiger partial charge >= 0.3 is 0 Å². The highest BCUT2D eigenvalue weighted by atomic mass is 16.6. The Morgan fingerprint density at radius 2 is 2.18 bits per heavy atom. The maximum Gasteiger partial charge on any atom is 0.295 e. The number of nitrogens with zero attached hydrogens (tertiary/aromatic N) is 2. The normalized spacial score (nSPS) is 13.2. The van der Waals surface area contributed by atoms with Gasteiger partial charge in [0.2, 0.25) is 0 Å². The number of carbonyl (C=O) groups excluding carboxylic acids is 1. The van der Waals surface area contributed by atoms with Crippen LogP contribution in [0.25, 0.3) is 0 Å². The molecule has 2 rings (SSSR count). The van der Waals surface area contributed by atoms with Gasteiger partial charge in [0, 0.05) is 11.6 Å². The molecule has 0 saturated heterocycles. The van der Waals surface area contributed by atoms with Crippen molar-refractivity contribution in [2.24, 2.45) is 5.92 Å². The minimum Gasteiger partial charge on any atom is -0.274 e. The molecule has 1 aromatic carbocycles. The highest BCUT2D eigenvalue weighted by molar-refractivity contribution is 6.04. The summed E-state index contributed by atoms with van der Waals surface area (Å²) in [5.41, 5.74) is 7.53. The molecule has 0 aliphatic carbocycles. The van der Waals surface area contributed by atoms with E-state index >= 15 is 0 Å². The van der Waals surface area contributed by atoms with Gasteiger partial charge in [0.1, 0.15) is 0 Å². The van der Waals surface area contributed by atoms with Gasteiger partial charge in [-0.15, -0.1) is 5.43 Å². The molecule has 1 radical (unpaired) electrons. The lowest BCUT2D eigenvalue weighted by molar-refractivity contribution is -0.385. The first-order chi connectivity index (χ1) is 7.99.